The fraction of sp³-hybridized carbons (Fsp3) is 0.154. The summed E-state index contributed by atoms with van der Waals surface area (Å²) in [6.07, 6.45) is 2.43. The fourth-order valence-electron chi connectivity index (χ4n) is 4.48. The number of hydrogen-bond acceptors (Lipinski definition) is 0. The monoisotopic (exact) mass is 616 g/mol. The van der Waals surface area contributed by atoms with Crippen LogP contribution in [0.1, 0.15) is 43.5 Å². The van der Waals surface area contributed by atoms with Crippen molar-refractivity contribution in [1.82, 2.24) is 0 Å². The summed E-state index contributed by atoms with van der Waals surface area (Å²) >= 11 is -1.02. The summed E-state index contributed by atoms with van der Waals surface area (Å²) < 4.78 is 1.44. The number of rotatable bonds is 4. The van der Waals surface area contributed by atoms with E-state index in [1.54, 1.807) is 27.6 Å². The third-order valence-electron chi connectivity index (χ3n) is 5.89. The van der Waals surface area contributed by atoms with E-state index in [0.29, 0.717) is 3.67 Å². The molecule has 0 aromatic heterocycles. The second-order valence-corrected chi connectivity index (χ2v) is 14.4. The van der Waals surface area contributed by atoms with Crippen LogP contribution in [0.5, 0.6) is 0 Å². The molecular weight excluding hydrogens is 593 g/mol. The summed E-state index contributed by atoms with van der Waals surface area (Å²) in [5.41, 5.74) is 9.42. The minimum Gasteiger partial charge on any atom is -1.00 e. The molecule has 3 unspecified atom stereocenters. The van der Waals surface area contributed by atoms with E-state index in [1.807, 2.05) is 0 Å². The molecule has 5 rings (SSSR count). The third-order valence-corrected chi connectivity index (χ3v) is 15.2. The number of fused-ring (bicyclic) bond motifs is 2. The molecule has 3 atom stereocenters. The molecule has 0 saturated carbocycles. The molecule has 0 bridgehead atoms. The maximum absolute atomic E-state index is 2.43. The number of benzene rings is 3. The molecule has 3 aromatic carbocycles. The fourth-order valence-corrected chi connectivity index (χ4v) is 13.3. The first-order chi connectivity index (χ1) is 13.7. The second-order valence-electron chi connectivity index (χ2n) is 7.69. The molecule has 30 heavy (non-hydrogen) atoms. The summed E-state index contributed by atoms with van der Waals surface area (Å²) in [5.74, 6) is 0. The van der Waals surface area contributed by atoms with Crippen LogP contribution in [-0.2, 0) is 22.9 Å². The molecule has 0 spiro atoms. The van der Waals surface area contributed by atoms with Gasteiger partial charge < -0.3 is 24.8 Å². The van der Waals surface area contributed by atoms with Gasteiger partial charge in [0.25, 0.3) is 0 Å². The van der Waals surface area contributed by atoms with Crippen molar-refractivity contribution in [2.75, 3.05) is 0 Å². The van der Waals surface area contributed by atoms with Crippen LogP contribution in [0.2, 0.25) is 0 Å². The Bertz CT molecular complexity index is 1100. The Morgan fingerprint density at radius 1 is 0.700 bits per heavy atom. The molecular formula is C26H23Cl2HfP. The SMILES string of the molecule is CC1=Cc2ccccc2[CH]1[Hf+2][CH]1C(C)=C(Pc2ccccc2)c2ccccc21.[Cl-].[Cl-]. The molecule has 0 nitrogen and oxygen atoms in total. The Morgan fingerprint density at radius 3 is 2.10 bits per heavy atom. The van der Waals surface area contributed by atoms with Gasteiger partial charge in [-0.3, -0.25) is 0 Å². The molecule has 2 aliphatic carbocycles. The van der Waals surface area contributed by atoms with Crippen LogP contribution in [0.3, 0.4) is 0 Å². The van der Waals surface area contributed by atoms with Gasteiger partial charge in [0.05, 0.1) is 0 Å². The van der Waals surface area contributed by atoms with Crippen LogP contribution in [-0.4, -0.2) is 0 Å². The molecule has 0 amide bonds. The number of halogens is 2. The van der Waals surface area contributed by atoms with E-state index in [9.17, 15) is 0 Å². The van der Waals surface area contributed by atoms with Crippen LogP contribution in [0.25, 0.3) is 11.4 Å². The molecule has 0 radical (unpaired) electrons. The van der Waals surface area contributed by atoms with Gasteiger partial charge in [0.15, 0.2) is 0 Å². The minimum atomic E-state index is -1.02. The molecule has 0 N–H and O–H groups in total. The van der Waals surface area contributed by atoms with Crippen LogP contribution < -0.4 is 30.1 Å². The first kappa shape index (κ1) is 23.7. The predicted molar refractivity (Wildman–Crippen MR) is 119 cm³/mol. The van der Waals surface area contributed by atoms with E-state index in [-0.39, 0.29) is 24.8 Å². The van der Waals surface area contributed by atoms with Gasteiger partial charge in [0.1, 0.15) is 0 Å². The van der Waals surface area contributed by atoms with Crippen molar-refractivity contribution in [3.05, 3.63) is 112 Å². The van der Waals surface area contributed by atoms with E-state index in [4.69, 9.17) is 0 Å². The average molecular weight is 616 g/mol. The molecule has 0 fully saturated rings. The minimum absolute atomic E-state index is 0. The normalized spacial score (nSPS) is 18.9. The topological polar surface area (TPSA) is 0 Å². The van der Waals surface area contributed by atoms with Gasteiger partial charge in [0, 0.05) is 0 Å². The maximum atomic E-state index is 2.43. The zero-order chi connectivity index (χ0) is 19.1. The summed E-state index contributed by atoms with van der Waals surface area (Å²) in [5, 5.41) is 3.05. The Morgan fingerprint density at radius 2 is 1.33 bits per heavy atom. The van der Waals surface area contributed by atoms with Crippen molar-refractivity contribution in [3.63, 3.8) is 0 Å². The van der Waals surface area contributed by atoms with E-state index < -0.39 is 22.9 Å². The molecule has 2 aliphatic rings. The molecule has 150 valence electrons. The largest absolute Gasteiger partial charge is 1.00 e. The first-order valence-electron chi connectivity index (χ1n) is 9.87. The zero-order valence-corrected chi connectivity index (χ0v) is 23.1. The summed E-state index contributed by atoms with van der Waals surface area (Å²) in [6.45, 7) is 4.77. The van der Waals surface area contributed by atoms with E-state index in [2.05, 4.69) is 98.8 Å². The average Bonchev–Trinajstić information content (AvgIpc) is 3.18. The van der Waals surface area contributed by atoms with Crippen molar-refractivity contribution in [2.45, 2.75) is 21.2 Å². The van der Waals surface area contributed by atoms with Gasteiger partial charge in [-0.15, -0.1) is 0 Å². The van der Waals surface area contributed by atoms with Gasteiger partial charge in [0.2, 0.25) is 0 Å². The van der Waals surface area contributed by atoms with Crippen molar-refractivity contribution in [2.24, 2.45) is 0 Å². The Balaban J connectivity index is 0.00000128. The van der Waals surface area contributed by atoms with Crippen molar-refractivity contribution >= 4 is 25.3 Å². The zero-order valence-electron chi connectivity index (χ0n) is 17.0. The molecule has 0 saturated heterocycles. The van der Waals surface area contributed by atoms with Crippen LogP contribution in [0.4, 0.5) is 0 Å². The number of hydrogen-bond donors (Lipinski definition) is 0. The molecule has 4 heteroatoms. The Hall–Kier alpha value is -0.980. The summed E-state index contributed by atoms with van der Waals surface area (Å²) in [6, 6.07) is 29.3. The standard InChI is InChI=1S/C16H14P.C10H9.2ClH.Hf/c1-12-11-13-7-5-6-10-15(13)16(12)17-14-8-3-2-4-9-14;1-8-6-9-4-2-3-5-10(9)7-8;;;/h2-11,17H,1H3;2-7H,1H3;2*1H;/q;;;;+2/p-2. The van der Waals surface area contributed by atoms with Crippen LogP contribution >= 0.6 is 8.58 Å². The Labute approximate surface area is 205 Å². The Kier molecular flexibility index (Phi) is 7.97. The van der Waals surface area contributed by atoms with Crippen molar-refractivity contribution in [3.8, 4) is 0 Å². The molecule has 3 aromatic rings. The van der Waals surface area contributed by atoms with Gasteiger partial charge >= 0.3 is 182 Å². The first-order valence-corrected chi connectivity index (χ1v) is 15.0. The van der Waals surface area contributed by atoms with Crippen molar-refractivity contribution < 1.29 is 47.7 Å². The van der Waals surface area contributed by atoms with E-state index in [1.165, 1.54) is 16.4 Å². The smallest absolute Gasteiger partial charge is 1.00 e. The quantitative estimate of drug-likeness (QED) is 0.300. The van der Waals surface area contributed by atoms with Gasteiger partial charge in [-0.05, 0) is 0 Å². The van der Waals surface area contributed by atoms with Gasteiger partial charge in [-0.1, -0.05) is 0 Å². The van der Waals surface area contributed by atoms with Crippen LogP contribution in [0, 0.1) is 0 Å². The summed E-state index contributed by atoms with van der Waals surface area (Å²) in [7, 11) is 0.758. The second kappa shape index (κ2) is 10.1. The summed E-state index contributed by atoms with van der Waals surface area (Å²) in [4.78, 5) is 0. The van der Waals surface area contributed by atoms with E-state index in [0.717, 1.165) is 12.3 Å². The predicted octanol–water partition coefficient (Wildman–Crippen LogP) is 0.725. The number of allylic oxidation sites excluding steroid dienone is 2. The maximum Gasteiger partial charge on any atom is -1.00 e. The van der Waals surface area contributed by atoms with E-state index >= 15 is 0 Å². The molecule has 0 aliphatic heterocycles. The van der Waals surface area contributed by atoms with Crippen LogP contribution in [0.15, 0.2) is 90.0 Å². The van der Waals surface area contributed by atoms with Gasteiger partial charge in [-0.25, -0.2) is 0 Å². The molecule has 0 heterocycles. The van der Waals surface area contributed by atoms with Gasteiger partial charge in [-0.2, -0.15) is 0 Å². The third kappa shape index (κ3) is 4.33. The van der Waals surface area contributed by atoms with Crippen molar-refractivity contribution in [1.29, 1.82) is 0 Å².